The Morgan fingerprint density at radius 3 is 3.09 bits per heavy atom. The summed E-state index contributed by atoms with van der Waals surface area (Å²) in [6.07, 6.45) is 1.04. The number of hydrogen-bond donors (Lipinski definition) is 3. The van der Waals surface area contributed by atoms with Crippen LogP contribution in [0.5, 0.6) is 0 Å². The summed E-state index contributed by atoms with van der Waals surface area (Å²) in [6, 6.07) is 0. The van der Waals surface area contributed by atoms with E-state index < -0.39 is 0 Å². The van der Waals surface area contributed by atoms with E-state index in [0.29, 0.717) is 5.25 Å². The molecule has 0 aromatic rings. The van der Waals surface area contributed by atoms with Crippen LogP contribution in [0.25, 0.3) is 0 Å². The van der Waals surface area contributed by atoms with E-state index in [1.165, 1.54) is 5.57 Å². The zero-order valence-corrected chi connectivity index (χ0v) is 7.53. The smallest absolute Gasteiger partial charge is 0.0774 e. The maximum atomic E-state index is 5.76. The molecule has 0 aliphatic carbocycles. The molecule has 5 N–H and O–H groups in total. The van der Waals surface area contributed by atoms with Gasteiger partial charge in [-0.1, -0.05) is 0 Å². The summed E-state index contributed by atoms with van der Waals surface area (Å²) in [7, 11) is 1.87. The molecule has 0 aromatic heterocycles. The van der Waals surface area contributed by atoms with E-state index in [1.54, 1.807) is 11.8 Å². The fourth-order valence-corrected chi connectivity index (χ4v) is 2.08. The first-order valence-electron chi connectivity index (χ1n) is 3.75. The van der Waals surface area contributed by atoms with Crippen molar-refractivity contribution >= 4 is 11.8 Å². The molecule has 0 fully saturated rings. The van der Waals surface area contributed by atoms with Crippen molar-refractivity contribution in [2.45, 2.75) is 17.8 Å². The SMILES string of the molecule is CNC(N)C1=CSC(CN)C1. The van der Waals surface area contributed by atoms with Gasteiger partial charge in [-0.15, -0.1) is 11.8 Å². The molecule has 1 aliphatic rings. The number of hydrogen-bond acceptors (Lipinski definition) is 4. The summed E-state index contributed by atoms with van der Waals surface area (Å²) in [5.74, 6) is 0. The molecule has 1 aliphatic heterocycles. The Morgan fingerprint density at radius 2 is 2.64 bits per heavy atom. The standard InChI is InChI=1S/C7H15N3S/c1-10-7(9)5-2-6(3-8)11-4-5/h4,6-7,10H,2-3,8-9H2,1H3. The largest absolute Gasteiger partial charge is 0.329 e. The van der Waals surface area contributed by atoms with Gasteiger partial charge >= 0.3 is 0 Å². The number of nitrogens with two attached hydrogens (primary N) is 2. The predicted molar refractivity (Wildman–Crippen MR) is 50.2 cm³/mol. The van der Waals surface area contributed by atoms with Crippen molar-refractivity contribution in [1.82, 2.24) is 5.32 Å². The van der Waals surface area contributed by atoms with E-state index in [-0.39, 0.29) is 6.17 Å². The number of likely N-dealkylation sites (N-methyl/N-ethyl adjacent to an activating group) is 1. The molecule has 0 bridgehead atoms. The van der Waals surface area contributed by atoms with Crippen LogP contribution < -0.4 is 16.8 Å². The van der Waals surface area contributed by atoms with Crippen LogP contribution in [-0.4, -0.2) is 25.0 Å². The van der Waals surface area contributed by atoms with Crippen LogP contribution in [-0.2, 0) is 0 Å². The summed E-state index contributed by atoms with van der Waals surface area (Å²) in [4.78, 5) is 0. The molecule has 0 saturated heterocycles. The first kappa shape index (κ1) is 9.06. The van der Waals surface area contributed by atoms with E-state index in [0.717, 1.165) is 13.0 Å². The minimum Gasteiger partial charge on any atom is -0.329 e. The Kier molecular flexibility index (Phi) is 3.39. The lowest BCUT2D eigenvalue weighted by Gasteiger charge is -2.12. The molecular formula is C7H15N3S. The van der Waals surface area contributed by atoms with E-state index in [9.17, 15) is 0 Å². The van der Waals surface area contributed by atoms with Crippen LogP contribution in [0, 0.1) is 0 Å². The van der Waals surface area contributed by atoms with E-state index >= 15 is 0 Å². The van der Waals surface area contributed by atoms with Crippen molar-refractivity contribution in [3.63, 3.8) is 0 Å². The Bertz CT molecular complexity index is 158. The minimum absolute atomic E-state index is 0.0130. The Hall–Kier alpha value is -0.0300. The molecular weight excluding hydrogens is 158 g/mol. The van der Waals surface area contributed by atoms with Crippen LogP contribution >= 0.6 is 11.8 Å². The van der Waals surface area contributed by atoms with Gasteiger partial charge in [0.15, 0.2) is 0 Å². The summed E-state index contributed by atoms with van der Waals surface area (Å²) in [5, 5.41) is 5.68. The fraction of sp³-hybridized carbons (Fsp3) is 0.714. The zero-order chi connectivity index (χ0) is 8.27. The molecule has 0 amide bonds. The highest BCUT2D eigenvalue weighted by molar-refractivity contribution is 8.03. The molecule has 4 heteroatoms. The normalized spacial score (nSPS) is 26.8. The highest BCUT2D eigenvalue weighted by Gasteiger charge is 2.19. The quantitative estimate of drug-likeness (QED) is 0.519. The molecule has 0 spiro atoms. The van der Waals surface area contributed by atoms with Gasteiger partial charge in [-0.2, -0.15) is 0 Å². The van der Waals surface area contributed by atoms with Crippen molar-refractivity contribution in [2.75, 3.05) is 13.6 Å². The van der Waals surface area contributed by atoms with Gasteiger partial charge in [-0.25, -0.2) is 0 Å². The number of rotatable bonds is 3. The fourth-order valence-electron chi connectivity index (χ4n) is 1.07. The predicted octanol–water partition coefficient (Wildman–Crippen LogP) is -0.161. The van der Waals surface area contributed by atoms with Crippen LogP contribution in [0.2, 0.25) is 0 Å². The van der Waals surface area contributed by atoms with E-state index in [2.05, 4.69) is 10.7 Å². The number of thioether (sulfide) groups is 1. The van der Waals surface area contributed by atoms with Crippen LogP contribution in [0.1, 0.15) is 6.42 Å². The molecule has 1 rings (SSSR count). The summed E-state index contributed by atoms with van der Waals surface area (Å²) in [6.45, 7) is 0.737. The Morgan fingerprint density at radius 1 is 1.91 bits per heavy atom. The van der Waals surface area contributed by atoms with Crippen molar-refractivity contribution in [2.24, 2.45) is 11.5 Å². The van der Waals surface area contributed by atoms with Gasteiger partial charge in [0.1, 0.15) is 0 Å². The first-order valence-corrected chi connectivity index (χ1v) is 4.69. The van der Waals surface area contributed by atoms with Crippen molar-refractivity contribution in [1.29, 1.82) is 0 Å². The topological polar surface area (TPSA) is 64.1 Å². The van der Waals surface area contributed by atoms with Gasteiger partial charge in [0.25, 0.3) is 0 Å². The second-order valence-corrected chi connectivity index (χ2v) is 3.83. The summed E-state index contributed by atoms with van der Waals surface area (Å²) < 4.78 is 0. The van der Waals surface area contributed by atoms with Gasteiger partial charge in [0, 0.05) is 11.8 Å². The van der Waals surface area contributed by atoms with E-state index in [1.807, 2.05) is 7.05 Å². The summed E-state index contributed by atoms with van der Waals surface area (Å²) in [5.41, 5.74) is 12.6. The third kappa shape index (κ3) is 2.20. The maximum absolute atomic E-state index is 5.76. The lowest BCUT2D eigenvalue weighted by atomic mass is 10.1. The average Bonchev–Trinajstić information content (AvgIpc) is 2.50. The van der Waals surface area contributed by atoms with Crippen LogP contribution in [0.15, 0.2) is 11.0 Å². The van der Waals surface area contributed by atoms with Crippen molar-refractivity contribution in [3.8, 4) is 0 Å². The first-order chi connectivity index (χ1) is 5.27. The van der Waals surface area contributed by atoms with E-state index in [4.69, 9.17) is 11.5 Å². The molecule has 0 saturated carbocycles. The van der Waals surface area contributed by atoms with Crippen molar-refractivity contribution < 1.29 is 0 Å². The third-order valence-corrected chi connectivity index (χ3v) is 3.03. The monoisotopic (exact) mass is 173 g/mol. The molecule has 64 valence electrons. The van der Waals surface area contributed by atoms with Gasteiger partial charge < -0.3 is 16.8 Å². The average molecular weight is 173 g/mol. The van der Waals surface area contributed by atoms with Crippen LogP contribution in [0.4, 0.5) is 0 Å². The second kappa shape index (κ2) is 4.11. The molecule has 2 unspecified atom stereocenters. The van der Waals surface area contributed by atoms with Crippen LogP contribution in [0.3, 0.4) is 0 Å². The molecule has 0 aromatic carbocycles. The Labute approximate surface area is 71.6 Å². The zero-order valence-electron chi connectivity index (χ0n) is 6.71. The molecule has 2 atom stereocenters. The Balaban J connectivity index is 2.39. The van der Waals surface area contributed by atoms with Gasteiger partial charge in [0.05, 0.1) is 6.17 Å². The van der Waals surface area contributed by atoms with Crippen molar-refractivity contribution in [3.05, 3.63) is 11.0 Å². The molecule has 11 heavy (non-hydrogen) atoms. The maximum Gasteiger partial charge on any atom is 0.0774 e. The molecule has 3 nitrogen and oxygen atoms in total. The number of nitrogens with one attached hydrogen (secondary N) is 1. The molecule has 1 heterocycles. The lowest BCUT2D eigenvalue weighted by molar-refractivity contribution is 0.635. The van der Waals surface area contributed by atoms with Gasteiger partial charge in [-0.3, -0.25) is 0 Å². The minimum atomic E-state index is 0.0130. The van der Waals surface area contributed by atoms with Gasteiger partial charge in [0.2, 0.25) is 0 Å². The molecule has 0 radical (unpaired) electrons. The highest BCUT2D eigenvalue weighted by Crippen LogP contribution is 2.29. The lowest BCUT2D eigenvalue weighted by Crippen LogP contribution is -2.36. The summed E-state index contributed by atoms with van der Waals surface area (Å²) >= 11 is 1.79. The second-order valence-electron chi connectivity index (χ2n) is 2.66. The van der Waals surface area contributed by atoms with Gasteiger partial charge in [-0.05, 0) is 24.4 Å². The highest BCUT2D eigenvalue weighted by atomic mass is 32.2. The third-order valence-electron chi connectivity index (χ3n) is 1.85.